The first-order chi connectivity index (χ1) is 13.9. The van der Waals surface area contributed by atoms with Crippen molar-refractivity contribution in [2.24, 2.45) is 0 Å². The molecule has 0 spiro atoms. The van der Waals surface area contributed by atoms with Crippen molar-refractivity contribution >= 4 is 37.6 Å². The summed E-state index contributed by atoms with van der Waals surface area (Å²) in [6.45, 7) is 0. The quantitative estimate of drug-likeness (QED) is 0.446. The van der Waals surface area contributed by atoms with Crippen LogP contribution in [0, 0.1) is 22.7 Å². The Labute approximate surface area is 189 Å². The van der Waals surface area contributed by atoms with Crippen LogP contribution in [-0.4, -0.2) is 5.78 Å². The van der Waals surface area contributed by atoms with Crippen LogP contribution in [0.25, 0.3) is 0 Å². The maximum Gasteiger partial charge on any atom is 0.134 e. The molecule has 0 amide bonds. The third-order valence-corrected chi connectivity index (χ3v) is 7.07. The van der Waals surface area contributed by atoms with E-state index in [1.165, 1.54) is 18.4 Å². The Bertz CT molecular complexity index is 948. The summed E-state index contributed by atoms with van der Waals surface area (Å²) in [6, 6.07) is 20.7. The van der Waals surface area contributed by atoms with Crippen molar-refractivity contribution in [3.63, 3.8) is 0 Å². The van der Waals surface area contributed by atoms with Crippen molar-refractivity contribution in [2.75, 3.05) is 0 Å². The maximum absolute atomic E-state index is 11.3. The highest BCUT2D eigenvalue weighted by atomic mass is 79.9. The van der Waals surface area contributed by atoms with Gasteiger partial charge in [-0.2, -0.15) is 10.5 Å². The van der Waals surface area contributed by atoms with Crippen LogP contribution in [0.1, 0.15) is 56.1 Å². The van der Waals surface area contributed by atoms with Crippen LogP contribution in [-0.2, 0) is 15.6 Å². The molecule has 4 rings (SSSR count). The summed E-state index contributed by atoms with van der Waals surface area (Å²) in [5.74, 6) is 0.194. The average molecular weight is 514 g/mol. The zero-order chi connectivity index (χ0) is 20.9. The monoisotopic (exact) mass is 512 g/mol. The molecule has 0 aliphatic heterocycles. The molecule has 0 bridgehead atoms. The van der Waals surface area contributed by atoms with Gasteiger partial charge in [-0.25, -0.2) is 0 Å². The number of nitriles is 2. The van der Waals surface area contributed by atoms with E-state index in [-0.39, 0.29) is 11.2 Å². The molecule has 2 saturated carbocycles. The fourth-order valence-corrected chi connectivity index (χ4v) is 4.78. The molecule has 0 N–H and O–H groups in total. The van der Waals surface area contributed by atoms with E-state index >= 15 is 0 Å². The third-order valence-electron chi connectivity index (χ3n) is 6.01. The molecule has 0 saturated heterocycles. The van der Waals surface area contributed by atoms with Crippen molar-refractivity contribution in [3.05, 3.63) is 68.6 Å². The van der Waals surface area contributed by atoms with Gasteiger partial charge in [-0.1, -0.05) is 69.0 Å². The van der Waals surface area contributed by atoms with Gasteiger partial charge in [0.1, 0.15) is 5.78 Å². The van der Waals surface area contributed by atoms with Gasteiger partial charge in [0, 0.05) is 21.8 Å². The molecule has 2 fully saturated rings. The van der Waals surface area contributed by atoms with E-state index in [9.17, 15) is 15.3 Å². The summed E-state index contributed by atoms with van der Waals surface area (Å²) in [4.78, 5) is 11.3. The van der Waals surface area contributed by atoms with Gasteiger partial charge in [-0.15, -0.1) is 0 Å². The van der Waals surface area contributed by atoms with Crippen LogP contribution < -0.4 is 0 Å². The number of Topliss-reactive ketones (excluding diaryl/α,β-unsaturated/α-hetero) is 1. The normalized spacial score (nSPS) is 22.3. The predicted octanol–water partition coefficient (Wildman–Crippen LogP) is 6.75. The molecule has 29 heavy (non-hydrogen) atoms. The molecule has 1 unspecified atom stereocenters. The first-order valence-corrected chi connectivity index (χ1v) is 11.4. The molecule has 2 aromatic rings. The first-order valence-electron chi connectivity index (χ1n) is 9.79. The van der Waals surface area contributed by atoms with Crippen molar-refractivity contribution in [2.45, 2.75) is 55.8 Å². The second-order valence-electron chi connectivity index (χ2n) is 7.82. The van der Waals surface area contributed by atoms with E-state index in [4.69, 9.17) is 0 Å². The summed E-state index contributed by atoms with van der Waals surface area (Å²) in [5.41, 5.74) is 1.37. The van der Waals surface area contributed by atoms with Gasteiger partial charge >= 0.3 is 0 Å². The Balaban J connectivity index is 0.000000166. The van der Waals surface area contributed by atoms with Crippen molar-refractivity contribution < 1.29 is 4.79 Å². The van der Waals surface area contributed by atoms with Crippen molar-refractivity contribution in [3.8, 4) is 12.1 Å². The average Bonchev–Trinajstić information content (AvgIpc) is 3.38. The zero-order valence-electron chi connectivity index (χ0n) is 16.1. The summed E-state index contributed by atoms with van der Waals surface area (Å²) in [7, 11) is 0. The summed E-state index contributed by atoms with van der Waals surface area (Å²) < 4.78 is 2.07. The summed E-state index contributed by atoms with van der Waals surface area (Å²) >= 11 is 6.77. The van der Waals surface area contributed by atoms with Gasteiger partial charge in [-0.05, 0) is 54.7 Å². The number of benzene rings is 2. The van der Waals surface area contributed by atoms with E-state index in [2.05, 4.69) is 56.1 Å². The Morgan fingerprint density at radius 2 is 1.17 bits per heavy atom. The minimum absolute atomic E-state index is 0.194. The lowest BCUT2D eigenvalue weighted by Gasteiger charge is -2.20. The SMILES string of the molecule is N#CC1(c2ccc(Br)cc2)CCC(=O)C1.N#CC1(c2ccc(Br)cc2)CCCC1. The Kier molecular flexibility index (Phi) is 6.93. The minimum atomic E-state index is -0.572. The largest absolute Gasteiger partial charge is 0.300 e. The molecule has 1 atom stereocenters. The van der Waals surface area contributed by atoms with Gasteiger partial charge < -0.3 is 0 Å². The minimum Gasteiger partial charge on any atom is -0.300 e. The number of hydrogen-bond donors (Lipinski definition) is 0. The molecule has 2 aliphatic carbocycles. The highest BCUT2D eigenvalue weighted by molar-refractivity contribution is 9.10. The van der Waals surface area contributed by atoms with Crippen molar-refractivity contribution in [1.29, 1.82) is 10.5 Å². The number of rotatable bonds is 2. The highest BCUT2D eigenvalue weighted by Gasteiger charge is 2.40. The van der Waals surface area contributed by atoms with E-state index < -0.39 is 5.41 Å². The van der Waals surface area contributed by atoms with Crippen molar-refractivity contribution in [1.82, 2.24) is 0 Å². The van der Waals surface area contributed by atoms with E-state index in [1.807, 2.05) is 36.4 Å². The van der Waals surface area contributed by atoms with Crippen LogP contribution >= 0.6 is 31.9 Å². The topological polar surface area (TPSA) is 64.7 Å². The Morgan fingerprint density at radius 3 is 1.55 bits per heavy atom. The molecule has 148 valence electrons. The van der Waals surface area contributed by atoms with E-state index in [0.29, 0.717) is 19.3 Å². The van der Waals surface area contributed by atoms with Crippen LogP contribution in [0.2, 0.25) is 0 Å². The summed E-state index contributed by atoms with van der Waals surface area (Å²) in [5, 5.41) is 18.5. The molecule has 2 aliphatic rings. The van der Waals surface area contributed by atoms with Gasteiger partial charge in [0.05, 0.1) is 23.0 Å². The third kappa shape index (κ3) is 4.80. The number of hydrogen-bond acceptors (Lipinski definition) is 3. The van der Waals surface area contributed by atoms with E-state index in [1.54, 1.807) is 0 Å². The predicted molar refractivity (Wildman–Crippen MR) is 120 cm³/mol. The molecular formula is C24H22Br2N2O. The van der Waals surface area contributed by atoms with Gasteiger partial charge in [0.15, 0.2) is 0 Å². The lowest BCUT2D eigenvalue weighted by atomic mass is 9.80. The molecular weight excluding hydrogens is 492 g/mol. The zero-order valence-corrected chi connectivity index (χ0v) is 19.3. The summed E-state index contributed by atoms with van der Waals surface area (Å²) in [6.07, 6.45) is 5.96. The van der Waals surface area contributed by atoms with Gasteiger partial charge in [0.25, 0.3) is 0 Å². The van der Waals surface area contributed by atoms with Gasteiger partial charge in [-0.3, -0.25) is 4.79 Å². The second kappa shape index (κ2) is 9.24. The van der Waals surface area contributed by atoms with Gasteiger partial charge in [0.2, 0.25) is 0 Å². The number of carbonyl (C=O) groups excluding carboxylic acids is 1. The molecule has 2 aromatic carbocycles. The smallest absolute Gasteiger partial charge is 0.134 e. The second-order valence-corrected chi connectivity index (χ2v) is 9.66. The molecule has 0 aromatic heterocycles. The number of carbonyl (C=O) groups is 1. The molecule has 0 heterocycles. The molecule has 3 nitrogen and oxygen atoms in total. The number of ketones is 1. The lowest BCUT2D eigenvalue weighted by molar-refractivity contribution is -0.117. The standard InChI is InChI=1S/C12H10BrNO.C12H12BrN/c13-10-3-1-9(2-4-10)12(8-14)6-5-11(15)7-12;13-11-5-3-10(4-6-11)12(9-14)7-1-2-8-12/h1-4H,5-7H2;3-6H,1-2,7-8H2. The van der Waals surface area contributed by atoms with Crippen LogP contribution in [0.4, 0.5) is 0 Å². The molecule has 0 radical (unpaired) electrons. The number of nitrogens with zero attached hydrogens (tertiary/aromatic N) is 2. The number of halogens is 2. The fourth-order valence-electron chi connectivity index (χ4n) is 4.25. The fraction of sp³-hybridized carbons (Fsp3) is 0.375. The van der Waals surface area contributed by atoms with E-state index in [0.717, 1.165) is 27.4 Å². The van der Waals surface area contributed by atoms with Crippen LogP contribution in [0.3, 0.4) is 0 Å². The van der Waals surface area contributed by atoms with Crippen LogP contribution in [0.15, 0.2) is 57.5 Å². The molecule has 5 heteroatoms. The highest BCUT2D eigenvalue weighted by Crippen LogP contribution is 2.41. The Hall–Kier alpha value is -1.95. The van der Waals surface area contributed by atoms with Crippen LogP contribution in [0.5, 0.6) is 0 Å². The Morgan fingerprint density at radius 1 is 0.724 bits per heavy atom. The maximum atomic E-state index is 11.3. The first kappa shape index (κ1) is 21.8. The lowest BCUT2D eigenvalue weighted by Crippen LogP contribution is -2.20.